The van der Waals surface area contributed by atoms with Gasteiger partial charge in [0, 0.05) is 0 Å². The number of carbonyl (C=O) groups excluding carboxylic acids is 2. The molecule has 0 bridgehead atoms. The Morgan fingerprint density at radius 3 is 1.50 bits per heavy atom. The fourth-order valence-electron chi connectivity index (χ4n) is 1.52. The van der Waals surface area contributed by atoms with Gasteiger partial charge in [0.1, 0.15) is 11.4 Å². The lowest BCUT2D eigenvalue weighted by Gasteiger charge is -2.26. The third kappa shape index (κ3) is 4.93. The van der Waals surface area contributed by atoms with Gasteiger partial charge < -0.3 is 31.1 Å². The summed E-state index contributed by atoms with van der Waals surface area (Å²) in [6.07, 6.45) is 2.25. The molecule has 6 N–H and O–H groups in total. The van der Waals surface area contributed by atoms with Gasteiger partial charge in [-0.05, 0) is 13.8 Å². The van der Waals surface area contributed by atoms with Crippen molar-refractivity contribution in [2.24, 2.45) is 0 Å². The molecule has 2 amide bonds. The molecule has 1 aromatic rings. The molecular weight excluding hydrogens is 320 g/mol. The smallest absolute Gasteiger partial charge is 0.272 e. The zero-order valence-electron chi connectivity index (χ0n) is 13.5. The highest BCUT2D eigenvalue weighted by Crippen LogP contribution is 2.06. The molecule has 134 valence electrons. The van der Waals surface area contributed by atoms with Crippen LogP contribution in [-0.2, 0) is 0 Å². The van der Waals surface area contributed by atoms with E-state index in [0.717, 1.165) is 12.4 Å². The van der Waals surface area contributed by atoms with Crippen LogP contribution in [0.2, 0.25) is 0 Å². The summed E-state index contributed by atoms with van der Waals surface area (Å²) in [5.41, 5.74) is -2.87. The molecular formula is C14H22N4O6. The van der Waals surface area contributed by atoms with Crippen molar-refractivity contribution >= 4 is 11.8 Å². The molecule has 0 atom stereocenters. The number of aliphatic hydroxyl groups excluding tert-OH is 4. The molecule has 0 saturated heterocycles. The summed E-state index contributed by atoms with van der Waals surface area (Å²) in [7, 11) is 0. The second-order valence-corrected chi connectivity index (χ2v) is 5.95. The standard InChI is InChI=1S/C14H22N4O6/c1-13(5-19,6-20)17-11(23)9-3-15-4-10(16-9)12(24)18-14(2,7-21)8-22/h3-4,19-22H,5-8H2,1-2H3,(H,17,23)(H,18,24). The molecule has 0 saturated carbocycles. The predicted octanol–water partition coefficient (Wildman–Crippen LogP) is -2.58. The van der Waals surface area contributed by atoms with Crippen LogP contribution >= 0.6 is 0 Å². The first-order valence-electron chi connectivity index (χ1n) is 7.13. The van der Waals surface area contributed by atoms with Crippen LogP contribution in [-0.4, -0.2) is 79.7 Å². The molecule has 0 aliphatic heterocycles. The van der Waals surface area contributed by atoms with E-state index in [1.54, 1.807) is 0 Å². The highest BCUT2D eigenvalue weighted by Gasteiger charge is 2.28. The highest BCUT2D eigenvalue weighted by atomic mass is 16.3. The van der Waals surface area contributed by atoms with Crippen LogP contribution in [0.3, 0.4) is 0 Å². The van der Waals surface area contributed by atoms with Gasteiger partial charge in [0.25, 0.3) is 11.8 Å². The lowest BCUT2D eigenvalue weighted by molar-refractivity contribution is 0.0711. The van der Waals surface area contributed by atoms with Gasteiger partial charge in [0.2, 0.25) is 0 Å². The van der Waals surface area contributed by atoms with E-state index in [1.165, 1.54) is 13.8 Å². The molecule has 0 radical (unpaired) electrons. The third-order valence-corrected chi connectivity index (χ3v) is 3.33. The fourth-order valence-corrected chi connectivity index (χ4v) is 1.52. The molecule has 0 fully saturated rings. The minimum absolute atomic E-state index is 0.189. The first kappa shape index (κ1) is 19.9. The molecule has 0 aliphatic rings. The van der Waals surface area contributed by atoms with Crippen molar-refractivity contribution in [3.8, 4) is 0 Å². The Morgan fingerprint density at radius 1 is 0.875 bits per heavy atom. The Labute approximate surface area is 138 Å². The molecule has 1 aromatic heterocycles. The molecule has 1 rings (SSSR count). The average molecular weight is 342 g/mol. The summed E-state index contributed by atoms with van der Waals surface area (Å²) in [4.78, 5) is 31.8. The van der Waals surface area contributed by atoms with Gasteiger partial charge in [0.05, 0.1) is 49.9 Å². The Morgan fingerprint density at radius 2 is 1.21 bits per heavy atom. The van der Waals surface area contributed by atoms with Crippen LogP contribution in [0.15, 0.2) is 12.4 Å². The Hall–Kier alpha value is -2.14. The van der Waals surface area contributed by atoms with Crippen LogP contribution in [0, 0.1) is 0 Å². The molecule has 0 aliphatic carbocycles. The minimum Gasteiger partial charge on any atom is -0.394 e. The van der Waals surface area contributed by atoms with Crippen LogP contribution in [0.1, 0.15) is 34.8 Å². The fraction of sp³-hybridized carbons (Fsp3) is 0.571. The number of rotatable bonds is 8. The maximum Gasteiger partial charge on any atom is 0.272 e. The summed E-state index contributed by atoms with van der Waals surface area (Å²) in [6, 6.07) is 0. The van der Waals surface area contributed by atoms with Crippen molar-refractivity contribution in [2.45, 2.75) is 24.9 Å². The zero-order valence-corrected chi connectivity index (χ0v) is 13.5. The lowest BCUT2D eigenvalue weighted by atomic mass is 10.1. The number of hydrogen-bond donors (Lipinski definition) is 6. The van der Waals surface area contributed by atoms with E-state index < -0.39 is 49.3 Å². The maximum absolute atomic E-state index is 12.1. The van der Waals surface area contributed by atoms with Gasteiger partial charge in [-0.1, -0.05) is 0 Å². The summed E-state index contributed by atoms with van der Waals surface area (Å²) >= 11 is 0. The van der Waals surface area contributed by atoms with E-state index in [2.05, 4.69) is 20.6 Å². The Balaban J connectivity index is 2.94. The van der Waals surface area contributed by atoms with Crippen molar-refractivity contribution < 1.29 is 30.0 Å². The Bertz CT molecular complexity index is 539. The molecule has 0 spiro atoms. The SMILES string of the molecule is CC(CO)(CO)NC(=O)c1cncc(C(=O)NC(C)(CO)CO)n1. The molecule has 10 nitrogen and oxygen atoms in total. The van der Waals surface area contributed by atoms with Gasteiger partial charge >= 0.3 is 0 Å². The topological polar surface area (TPSA) is 165 Å². The van der Waals surface area contributed by atoms with Gasteiger partial charge in [-0.2, -0.15) is 0 Å². The van der Waals surface area contributed by atoms with Gasteiger partial charge in [-0.3, -0.25) is 14.6 Å². The second kappa shape index (κ2) is 8.11. The van der Waals surface area contributed by atoms with E-state index in [1.807, 2.05) is 0 Å². The highest BCUT2D eigenvalue weighted by molar-refractivity contribution is 5.96. The third-order valence-electron chi connectivity index (χ3n) is 3.33. The largest absolute Gasteiger partial charge is 0.394 e. The van der Waals surface area contributed by atoms with Crippen LogP contribution < -0.4 is 10.6 Å². The van der Waals surface area contributed by atoms with Crippen molar-refractivity contribution in [1.82, 2.24) is 20.6 Å². The van der Waals surface area contributed by atoms with Gasteiger partial charge in [-0.15, -0.1) is 0 Å². The van der Waals surface area contributed by atoms with Gasteiger partial charge in [0.15, 0.2) is 0 Å². The number of carbonyl (C=O) groups is 2. The molecule has 0 unspecified atom stereocenters. The van der Waals surface area contributed by atoms with Crippen molar-refractivity contribution in [1.29, 1.82) is 0 Å². The first-order chi connectivity index (χ1) is 11.2. The van der Waals surface area contributed by atoms with E-state index >= 15 is 0 Å². The van der Waals surface area contributed by atoms with E-state index in [4.69, 9.17) is 0 Å². The number of nitrogens with one attached hydrogen (secondary N) is 2. The van der Waals surface area contributed by atoms with E-state index in [-0.39, 0.29) is 11.4 Å². The van der Waals surface area contributed by atoms with Crippen LogP contribution in [0.5, 0.6) is 0 Å². The molecule has 1 heterocycles. The first-order valence-corrected chi connectivity index (χ1v) is 7.13. The van der Waals surface area contributed by atoms with E-state index in [9.17, 15) is 30.0 Å². The van der Waals surface area contributed by atoms with Crippen LogP contribution in [0.25, 0.3) is 0 Å². The van der Waals surface area contributed by atoms with Crippen molar-refractivity contribution in [2.75, 3.05) is 26.4 Å². The zero-order chi connectivity index (χ0) is 18.4. The quantitative estimate of drug-likeness (QED) is 0.300. The van der Waals surface area contributed by atoms with Crippen LogP contribution in [0.4, 0.5) is 0 Å². The number of nitrogens with zero attached hydrogens (tertiary/aromatic N) is 2. The number of hydrogen-bond acceptors (Lipinski definition) is 8. The maximum atomic E-state index is 12.1. The Kier molecular flexibility index (Phi) is 6.72. The summed E-state index contributed by atoms with van der Waals surface area (Å²) in [5.74, 6) is -1.45. The van der Waals surface area contributed by atoms with E-state index in [0.29, 0.717) is 0 Å². The summed E-state index contributed by atoms with van der Waals surface area (Å²) in [5, 5.41) is 41.5. The van der Waals surface area contributed by atoms with Gasteiger partial charge in [-0.25, -0.2) is 4.98 Å². The summed E-state index contributed by atoms with van der Waals surface area (Å²) < 4.78 is 0. The van der Waals surface area contributed by atoms with Crippen molar-refractivity contribution in [3.05, 3.63) is 23.8 Å². The minimum atomic E-state index is -1.25. The van der Waals surface area contributed by atoms with Crippen molar-refractivity contribution in [3.63, 3.8) is 0 Å². The lowest BCUT2D eigenvalue weighted by Crippen LogP contribution is -2.52. The number of aromatic nitrogens is 2. The predicted molar refractivity (Wildman–Crippen MR) is 82.1 cm³/mol. The summed E-state index contributed by atoms with van der Waals surface area (Å²) in [6.45, 7) is 0.899. The normalized spacial score (nSPS) is 11.9. The number of aliphatic hydroxyl groups is 4. The number of amides is 2. The molecule has 10 heteroatoms. The monoisotopic (exact) mass is 342 g/mol. The molecule has 24 heavy (non-hydrogen) atoms. The second-order valence-electron chi connectivity index (χ2n) is 5.95. The molecule has 0 aromatic carbocycles. The average Bonchev–Trinajstić information content (AvgIpc) is 2.61.